The molecule has 0 aliphatic heterocycles. The Bertz CT molecular complexity index is 3560. The van der Waals surface area contributed by atoms with Crippen LogP contribution in [0.1, 0.15) is 0 Å². The molecule has 0 bridgehead atoms. The van der Waals surface area contributed by atoms with Gasteiger partial charge in [-0.25, -0.2) is 0 Å². The number of hydrogen-bond donors (Lipinski definition) is 0. The summed E-state index contributed by atoms with van der Waals surface area (Å²) < 4.78 is 8.10. The van der Waals surface area contributed by atoms with Gasteiger partial charge in [-0.2, -0.15) is 0 Å². The van der Waals surface area contributed by atoms with Crippen LogP contribution >= 0.6 is 34.0 Å². The zero-order chi connectivity index (χ0) is 43.0. The molecule has 0 fully saturated rings. The quantitative estimate of drug-likeness (QED) is 0.105. The van der Waals surface area contributed by atoms with Crippen LogP contribution in [0.2, 0.25) is 0 Å². The normalized spacial score (nSPS) is 12.3. The molecule has 3 heterocycles. The Morgan fingerprint density at radius 3 is 0.923 bits per heavy atom. The van der Waals surface area contributed by atoms with Crippen LogP contribution in [0, 0.1) is 0 Å². The van der Waals surface area contributed by atoms with E-state index in [2.05, 4.69) is 243 Å². The van der Waals surface area contributed by atoms with Crippen molar-refractivity contribution < 1.29 is 0 Å². The van der Waals surface area contributed by atoms with Gasteiger partial charge in [-0.1, -0.05) is 218 Å². The lowest BCUT2D eigenvalue weighted by atomic mass is 10.1. The Kier molecular flexibility index (Phi) is 9.22. The summed E-state index contributed by atoms with van der Waals surface area (Å²) in [7, 11) is -5.87. The maximum absolute atomic E-state index is 2.94. The van der Waals surface area contributed by atoms with E-state index in [9.17, 15) is 0 Å². The van der Waals surface area contributed by atoms with Crippen molar-refractivity contribution in [3.63, 3.8) is 0 Å². The third-order valence-electron chi connectivity index (χ3n) is 13.8. The third-order valence-corrected chi connectivity index (χ3v) is 27.3. The maximum atomic E-state index is 2.61. The zero-order valence-corrected chi connectivity index (χ0v) is 39.8. The van der Waals surface area contributed by atoms with Gasteiger partial charge in [0.25, 0.3) is 0 Å². The Morgan fingerprint density at radius 1 is 0.215 bits per heavy atom. The van der Waals surface area contributed by atoms with Gasteiger partial charge in [-0.05, 0) is 65.8 Å². The molecule has 13 rings (SSSR count). The number of thiophene rings is 3. The summed E-state index contributed by atoms with van der Waals surface area (Å²) in [6, 6.07) is 92.9. The van der Waals surface area contributed by atoms with E-state index in [0.29, 0.717) is 0 Å². The van der Waals surface area contributed by atoms with Gasteiger partial charge in [0, 0.05) is 60.5 Å². The van der Waals surface area contributed by atoms with E-state index >= 15 is 0 Å². The Balaban J connectivity index is 1.13. The van der Waals surface area contributed by atoms with Crippen LogP contribution in [-0.2, 0) is 0 Å². The number of benzene rings is 10. The van der Waals surface area contributed by atoms with E-state index in [-0.39, 0.29) is 0 Å². The molecule has 0 nitrogen and oxygen atoms in total. The minimum atomic E-state index is -2.94. The van der Waals surface area contributed by atoms with Gasteiger partial charge in [-0.15, -0.1) is 34.0 Å². The SMILES string of the molecule is c1ccc([Si](c2ccccc2)(c2ccc3sc4ccc([Si](c5ccccc5)(c5ccccc5)c5cccc6c5sc5ccccc56)cc4c3c2)c2cccc3c2sc2ccccc23)cc1. The van der Waals surface area contributed by atoms with Crippen LogP contribution in [0.15, 0.2) is 243 Å². The Morgan fingerprint density at radius 2 is 0.538 bits per heavy atom. The minimum Gasteiger partial charge on any atom is -0.135 e. The molecule has 0 aliphatic carbocycles. The molecule has 0 atom stereocenters. The molecule has 0 saturated carbocycles. The molecule has 0 saturated heterocycles. The highest BCUT2D eigenvalue weighted by molar-refractivity contribution is 7.32. The second-order valence-electron chi connectivity index (χ2n) is 17.0. The summed E-state index contributed by atoms with van der Waals surface area (Å²) in [6.07, 6.45) is 0. The first kappa shape index (κ1) is 38.7. The van der Waals surface area contributed by atoms with Gasteiger partial charge in [0.05, 0.1) is 0 Å². The number of fused-ring (bicyclic) bond motifs is 9. The van der Waals surface area contributed by atoms with E-state index in [1.807, 2.05) is 34.0 Å². The predicted molar refractivity (Wildman–Crippen MR) is 292 cm³/mol. The number of rotatable bonds is 8. The molecule has 0 spiro atoms. The molecule has 10 aromatic carbocycles. The van der Waals surface area contributed by atoms with Crippen molar-refractivity contribution in [2.75, 3.05) is 0 Å². The standard InChI is InChI=1S/C60H40S3Si2/c1-5-19-41(20-6-1)64(42-21-7-2-8-22-42,57-33-17-29-49-47-27-13-15-31-53(47)62-59(49)57)45-35-37-55-51(39-45)52-40-46(36-38-56(52)61-55)65(43-23-9-3-10-24-43,44-25-11-4-12-26-44)58-34-18-30-50-48-28-14-16-32-54(48)63-60(50)58/h1-40H. The summed E-state index contributed by atoms with van der Waals surface area (Å²) in [5.41, 5.74) is 0. The van der Waals surface area contributed by atoms with Crippen molar-refractivity contribution in [3.05, 3.63) is 243 Å². The molecule has 0 unspecified atom stereocenters. The molecular weight excluding hydrogens is 873 g/mol. The largest absolute Gasteiger partial charge is 0.181 e. The van der Waals surface area contributed by atoms with Gasteiger partial charge < -0.3 is 0 Å². The van der Waals surface area contributed by atoms with Crippen molar-refractivity contribution in [1.82, 2.24) is 0 Å². The molecular formula is C60H40S3Si2. The Hall–Kier alpha value is -6.71. The zero-order valence-electron chi connectivity index (χ0n) is 35.3. The second kappa shape index (κ2) is 15.5. The highest BCUT2D eigenvalue weighted by atomic mass is 32.1. The first-order valence-corrected chi connectivity index (χ1v) is 28.7. The van der Waals surface area contributed by atoms with E-state index in [4.69, 9.17) is 0 Å². The molecule has 0 aliphatic rings. The average Bonchev–Trinajstić information content (AvgIpc) is 4.08. The second-order valence-corrected chi connectivity index (χ2v) is 27.8. The van der Waals surface area contributed by atoms with E-state index in [1.165, 1.54) is 102 Å². The lowest BCUT2D eigenvalue weighted by Gasteiger charge is -2.35. The van der Waals surface area contributed by atoms with Crippen LogP contribution in [0.5, 0.6) is 0 Å². The average molecular weight is 913 g/mol. The van der Waals surface area contributed by atoms with Gasteiger partial charge in [0.1, 0.15) is 0 Å². The lowest BCUT2D eigenvalue weighted by Crippen LogP contribution is -2.74. The van der Waals surface area contributed by atoms with E-state index in [1.54, 1.807) is 0 Å². The van der Waals surface area contributed by atoms with E-state index < -0.39 is 16.1 Å². The first-order chi connectivity index (χ1) is 32.2. The van der Waals surface area contributed by atoms with Crippen LogP contribution in [0.25, 0.3) is 60.5 Å². The van der Waals surface area contributed by atoms with Crippen molar-refractivity contribution in [2.45, 2.75) is 0 Å². The molecule has 0 radical (unpaired) electrons. The van der Waals surface area contributed by atoms with Crippen molar-refractivity contribution in [3.8, 4) is 0 Å². The number of hydrogen-bond acceptors (Lipinski definition) is 3. The summed E-state index contributed by atoms with van der Waals surface area (Å²) in [5.74, 6) is 0. The van der Waals surface area contributed by atoms with Crippen LogP contribution < -0.4 is 41.5 Å². The maximum Gasteiger partial charge on any atom is 0.181 e. The molecule has 13 aromatic rings. The smallest absolute Gasteiger partial charge is 0.135 e. The predicted octanol–water partition coefficient (Wildman–Crippen LogP) is 11.5. The van der Waals surface area contributed by atoms with Crippen molar-refractivity contribution in [1.29, 1.82) is 0 Å². The first-order valence-electron chi connectivity index (χ1n) is 22.2. The highest BCUT2D eigenvalue weighted by Gasteiger charge is 2.45. The van der Waals surface area contributed by atoms with Crippen LogP contribution in [0.3, 0.4) is 0 Å². The van der Waals surface area contributed by atoms with Gasteiger partial charge in [0.2, 0.25) is 0 Å². The minimum absolute atomic E-state index is 1.32. The molecule has 3 aromatic heterocycles. The molecule has 0 amide bonds. The topological polar surface area (TPSA) is 0 Å². The summed E-state index contributed by atoms with van der Waals surface area (Å²) in [6.45, 7) is 0. The van der Waals surface area contributed by atoms with Crippen LogP contribution in [0.4, 0.5) is 0 Å². The van der Waals surface area contributed by atoms with Crippen molar-refractivity contribution in [2.24, 2.45) is 0 Å². The monoisotopic (exact) mass is 912 g/mol. The van der Waals surface area contributed by atoms with Gasteiger partial charge >= 0.3 is 0 Å². The fourth-order valence-corrected chi connectivity index (χ4v) is 25.2. The van der Waals surface area contributed by atoms with Crippen LogP contribution in [-0.4, -0.2) is 16.1 Å². The molecule has 65 heavy (non-hydrogen) atoms. The van der Waals surface area contributed by atoms with Gasteiger partial charge in [0.15, 0.2) is 16.1 Å². The van der Waals surface area contributed by atoms with Crippen molar-refractivity contribution >= 4 is 152 Å². The fraction of sp³-hybridized carbons (Fsp3) is 0. The third kappa shape index (κ3) is 5.83. The summed E-state index contributed by atoms with van der Waals surface area (Å²) in [5, 5.41) is 19.3. The van der Waals surface area contributed by atoms with Gasteiger partial charge in [-0.3, -0.25) is 0 Å². The Labute approximate surface area is 392 Å². The molecule has 306 valence electrons. The fourth-order valence-electron chi connectivity index (χ4n) is 11.0. The summed E-state index contributed by atoms with van der Waals surface area (Å²) in [4.78, 5) is 0. The van der Waals surface area contributed by atoms with E-state index in [0.717, 1.165) is 0 Å². The molecule has 0 N–H and O–H groups in total. The summed E-state index contributed by atoms with van der Waals surface area (Å²) >= 11 is 5.82. The lowest BCUT2D eigenvalue weighted by molar-refractivity contribution is 1.70. The molecule has 5 heteroatoms. The highest BCUT2D eigenvalue weighted by Crippen LogP contribution is 2.37.